The molecular formula is C8F16NNaO6S2. The van der Waals surface area contributed by atoms with Crippen LogP contribution in [0.15, 0.2) is 12.1 Å². The smallest absolute Gasteiger partial charge is 0.423 e. The van der Waals surface area contributed by atoms with Gasteiger partial charge in [0.05, 0.1) is 0 Å². The summed E-state index contributed by atoms with van der Waals surface area (Å²) < 4.78 is 249. The Morgan fingerprint density at radius 3 is 1.32 bits per heavy atom. The van der Waals surface area contributed by atoms with Crippen LogP contribution in [0.1, 0.15) is 0 Å². The maximum absolute atomic E-state index is 13.6. The summed E-state index contributed by atoms with van der Waals surface area (Å²) in [4.78, 5) is 0. The van der Waals surface area contributed by atoms with Gasteiger partial charge in [-0.25, -0.2) is 16.8 Å². The van der Waals surface area contributed by atoms with E-state index < -0.39 is 67.2 Å². The third-order valence-corrected chi connectivity index (χ3v) is 5.57. The van der Waals surface area contributed by atoms with Crippen molar-refractivity contribution in [3.05, 3.63) is 16.2 Å². The zero-order chi connectivity index (χ0) is 27.3. The molecule has 1 atom stereocenters. The molecule has 0 rings (SSSR count). The van der Waals surface area contributed by atoms with Gasteiger partial charge in [-0.3, -0.25) is 4.74 Å². The first-order valence-electron chi connectivity index (χ1n) is 6.28. The van der Waals surface area contributed by atoms with Gasteiger partial charge in [-0.05, 0) is 0 Å². The van der Waals surface area contributed by atoms with Gasteiger partial charge >= 0.3 is 76.7 Å². The Bertz CT molecular complexity index is 984. The van der Waals surface area contributed by atoms with E-state index in [4.69, 9.17) is 0 Å². The number of hydrogen-bond donors (Lipinski definition) is 0. The minimum atomic E-state index is -8.27. The van der Waals surface area contributed by atoms with Crippen LogP contribution in [0.5, 0.6) is 0 Å². The zero-order valence-corrected chi connectivity index (χ0v) is 18.4. The van der Waals surface area contributed by atoms with Crippen LogP contribution in [0.4, 0.5) is 70.2 Å². The standard InChI is InChI=1S/C8F16NO6S2.Na/c9-1(10)2(11)30-5(16,17)3(12,4(13,14)15)31-6(18,19)7(20,21)32(26,27)25-33(28,29)8(22,23)24;/q-1;+1. The molecule has 0 N–H and O–H groups in total. The van der Waals surface area contributed by atoms with Crippen molar-refractivity contribution in [3.8, 4) is 0 Å². The van der Waals surface area contributed by atoms with Crippen LogP contribution in [0.3, 0.4) is 0 Å². The zero-order valence-electron chi connectivity index (χ0n) is 14.8. The Kier molecular flexibility index (Phi) is 10.4. The molecule has 0 aliphatic carbocycles. The summed E-state index contributed by atoms with van der Waals surface area (Å²) in [6, 6.07) is -4.12. The Balaban J connectivity index is 0. The van der Waals surface area contributed by atoms with Gasteiger partial charge in [-0.15, -0.1) is 0 Å². The second kappa shape index (κ2) is 9.95. The molecule has 26 heteroatoms. The Morgan fingerprint density at radius 2 is 1.03 bits per heavy atom. The van der Waals surface area contributed by atoms with Crippen molar-refractivity contribution < 1.29 is 126 Å². The van der Waals surface area contributed by atoms with Crippen LogP contribution >= 0.6 is 0 Å². The van der Waals surface area contributed by atoms with Gasteiger partial charge in [0, 0.05) is 0 Å². The second-order valence-electron chi connectivity index (χ2n) is 4.85. The van der Waals surface area contributed by atoms with Crippen molar-refractivity contribution in [2.24, 2.45) is 0 Å². The summed E-state index contributed by atoms with van der Waals surface area (Å²) >= 11 is 0. The van der Waals surface area contributed by atoms with E-state index in [1.165, 1.54) is 4.74 Å². The molecule has 0 fully saturated rings. The summed E-state index contributed by atoms with van der Waals surface area (Å²) in [7, 11) is -16.0. The molecule has 198 valence electrons. The molecule has 0 saturated heterocycles. The van der Waals surface area contributed by atoms with E-state index in [2.05, 4.69) is 0 Å². The van der Waals surface area contributed by atoms with Gasteiger partial charge in [0.15, 0.2) is 20.0 Å². The minimum Gasteiger partial charge on any atom is -0.423 e. The van der Waals surface area contributed by atoms with E-state index in [-0.39, 0.29) is 29.6 Å². The normalized spacial score (nSPS) is 16.4. The quantitative estimate of drug-likeness (QED) is 0.228. The number of sulfonamides is 2. The van der Waals surface area contributed by atoms with Crippen LogP contribution in [0.2, 0.25) is 0 Å². The summed E-state index contributed by atoms with van der Waals surface area (Å²) in [6.45, 7) is 0. The predicted octanol–water partition coefficient (Wildman–Crippen LogP) is 1.62. The van der Waals surface area contributed by atoms with Gasteiger partial charge < -0.3 is 8.86 Å². The summed E-state index contributed by atoms with van der Waals surface area (Å²) in [6.07, 6.45) is -27.3. The van der Waals surface area contributed by atoms with E-state index in [0.717, 1.165) is 0 Å². The van der Waals surface area contributed by atoms with Crippen LogP contribution in [-0.4, -0.2) is 51.8 Å². The number of ether oxygens (including phenoxy) is 2. The Labute approximate surface area is 197 Å². The van der Waals surface area contributed by atoms with Crippen LogP contribution in [0, 0.1) is 0 Å². The fraction of sp³-hybridized carbons (Fsp3) is 0.750. The number of rotatable bonds is 9. The average molecular weight is 597 g/mol. The first-order chi connectivity index (χ1) is 14.0. The molecule has 0 aliphatic rings. The molecule has 0 bridgehead atoms. The van der Waals surface area contributed by atoms with Gasteiger partial charge in [-0.2, -0.15) is 70.2 Å². The summed E-state index contributed by atoms with van der Waals surface area (Å²) in [5.74, 6) is -7.85. The molecule has 0 saturated carbocycles. The molecule has 1 unspecified atom stereocenters. The third kappa shape index (κ3) is 6.71. The molecule has 0 spiro atoms. The van der Waals surface area contributed by atoms with Crippen molar-refractivity contribution in [3.63, 3.8) is 0 Å². The SMILES string of the molecule is O=S(=O)([N-]S(=O)(=O)C(F)(F)C(F)(F)OC(F)(C(F)(F)F)C(F)(F)OC(F)=C(F)F)C(F)(F)F.[Na+]. The van der Waals surface area contributed by atoms with Crippen molar-refractivity contribution in [2.75, 3.05) is 0 Å². The van der Waals surface area contributed by atoms with Gasteiger partial charge in [-0.1, -0.05) is 0 Å². The summed E-state index contributed by atoms with van der Waals surface area (Å²) in [5.41, 5.74) is -6.91. The van der Waals surface area contributed by atoms with Crippen molar-refractivity contribution in [2.45, 2.75) is 35.0 Å². The van der Waals surface area contributed by atoms with Gasteiger partial charge in [0.25, 0.3) is 0 Å². The Morgan fingerprint density at radius 1 is 0.647 bits per heavy atom. The number of hydrogen-bond acceptors (Lipinski definition) is 6. The van der Waals surface area contributed by atoms with Crippen LogP contribution < -0.4 is 29.6 Å². The molecule has 34 heavy (non-hydrogen) atoms. The molecular weight excluding hydrogens is 597 g/mol. The van der Waals surface area contributed by atoms with E-state index in [1.807, 2.05) is 0 Å². The van der Waals surface area contributed by atoms with Crippen LogP contribution in [0.25, 0.3) is 4.13 Å². The maximum atomic E-state index is 13.6. The van der Waals surface area contributed by atoms with Gasteiger partial charge in [0.1, 0.15) is 0 Å². The van der Waals surface area contributed by atoms with E-state index in [0.29, 0.717) is 4.13 Å². The molecule has 0 radical (unpaired) electrons. The van der Waals surface area contributed by atoms with Crippen molar-refractivity contribution in [1.82, 2.24) is 0 Å². The van der Waals surface area contributed by atoms with Crippen LogP contribution in [-0.2, 0) is 29.5 Å². The largest absolute Gasteiger partial charge is 1.00 e. The molecule has 0 aliphatic heterocycles. The number of alkyl halides is 13. The maximum Gasteiger partial charge on any atom is 1.00 e. The van der Waals surface area contributed by atoms with E-state index in [1.54, 1.807) is 4.74 Å². The van der Waals surface area contributed by atoms with E-state index in [9.17, 15) is 87.1 Å². The number of nitrogens with zero attached hydrogens (tertiary/aromatic N) is 1. The fourth-order valence-corrected chi connectivity index (χ4v) is 3.19. The van der Waals surface area contributed by atoms with Crippen molar-refractivity contribution in [1.29, 1.82) is 0 Å². The first-order valence-corrected chi connectivity index (χ1v) is 9.16. The number of halogens is 16. The van der Waals surface area contributed by atoms with Crippen molar-refractivity contribution >= 4 is 20.0 Å². The molecule has 0 heterocycles. The third-order valence-electron chi connectivity index (χ3n) is 2.53. The first kappa shape index (κ1) is 35.4. The second-order valence-corrected chi connectivity index (χ2v) is 8.32. The molecule has 0 aromatic carbocycles. The van der Waals surface area contributed by atoms with Gasteiger partial charge in [0.2, 0.25) is 0 Å². The monoisotopic (exact) mass is 597 g/mol. The molecule has 0 amide bonds. The molecule has 7 nitrogen and oxygen atoms in total. The summed E-state index contributed by atoms with van der Waals surface area (Å²) in [5, 5.41) is -7.82. The van der Waals surface area contributed by atoms with E-state index >= 15 is 0 Å². The topological polar surface area (TPSA) is 101 Å². The molecule has 0 aromatic heterocycles. The molecule has 0 aromatic rings. The minimum absolute atomic E-state index is 0. The Hall–Kier alpha value is -0.760. The fourth-order valence-electron chi connectivity index (χ4n) is 1.10. The average Bonchev–Trinajstić information content (AvgIpc) is 2.49. The predicted molar refractivity (Wildman–Crippen MR) is 64.5 cm³/mol.